The molecule has 0 spiro atoms. The quantitative estimate of drug-likeness (QED) is 0.504. The van der Waals surface area contributed by atoms with Crippen molar-refractivity contribution in [3.8, 4) is 11.1 Å². The van der Waals surface area contributed by atoms with Crippen LogP contribution in [0.3, 0.4) is 0 Å². The highest BCUT2D eigenvalue weighted by Gasteiger charge is 2.41. The third-order valence-corrected chi connectivity index (χ3v) is 7.28. The summed E-state index contributed by atoms with van der Waals surface area (Å²) in [5, 5.41) is 4.10. The highest BCUT2D eigenvalue weighted by molar-refractivity contribution is 6.06. The Bertz CT molecular complexity index is 1350. The first kappa shape index (κ1) is 23.8. The summed E-state index contributed by atoms with van der Waals surface area (Å²) in [5.74, 6) is -0.186. The van der Waals surface area contributed by atoms with E-state index >= 15 is 0 Å². The van der Waals surface area contributed by atoms with Gasteiger partial charge in [0.15, 0.2) is 0 Å². The number of aryl methyl sites for hydroxylation is 2. The van der Waals surface area contributed by atoms with Crippen molar-refractivity contribution in [1.29, 1.82) is 0 Å². The van der Waals surface area contributed by atoms with E-state index < -0.39 is 6.04 Å². The molecule has 1 fully saturated rings. The van der Waals surface area contributed by atoms with Crippen molar-refractivity contribution in [2.45, 2.75) is 39.3 Å². The molecule has 2 aliphatic heterocycles. The number of hydrogen-bond donors (Lipinski definition) is 0. The molecule has 0 aliphatic carbocycles. The molecular weight excluding hydrogens is 450 g/mol. The molecule has 0 saturated carbocycles. The molecule has 0 aromatic heterocycles. The monoisotopic (exact) mass is 481 g/mol. The molecule has 2 amide bonds. The Morgan fingerprint density at radius 2 is 1.67 bits per heavy atom. The van der Waals surface area contributed by atoms with Crippen molar-refractivity contribution >= 4 is 17.5 Å². The average Bonchev–Trinajstić information content (AvgIpc) is 3.32. The molecule has 1 unspecified atom stereocenters. The van der Waals surface area contributed by atoms with Crippen LogP contribution in [0.5, 0.6) is 0 Å². The summed E-state index contributed by atoms with van der Waals surface area (Å²) in [6.07, 6.45) is 1.21. The summed E-state index contributed by atoms with van der Waals surface area (Å²) in [7, 11) is 1.49. The molecule has 2 heterocycles. The maximum atomic E-state index is 13.8. The van der Waals surface area contributed by atoms with Gasteiger partial charge in [0, 0.05) is 25.1 Å². The van der Waals surface area contributed by atoms with Gasteiger partial charge in [-0.3, -0.25) is 9.59 Å². The van der Waals surface area contributed by atoms with Crippen LogP contribution in [0.25, 0.3) is 11.1 Å². The van der Waals surface area contributed by atoms with Crippen LogP contribution in [0.15, 0.2) is 71.9 Å². The van der Waals surface area contributed by atoms with Gasteiger partial charge >= 0.3 is 0 Å². The molecule has 3 aromatic carbocycles. The maximum absolute atomic E-state index is 13.8. The summed E-state index contributed by atoms with van der Waals surface area (Å²) in [6.45, 7) is 5.53. The Balaban J connectivity index is 1.41. The molecule has 1 saturated heterocycles. The van der Waals surface area contributed by atoms with Gasteiger partial charge in [-0.2, -0.15) is 0 Å². The van der Waals surface area contributed by atoms with Crippen molar-refractivity contribution in [3.63, 3.8) is 0 Å². The van der Waals surface area contributed by atoms with E-state index in [2.05, 4.69) is 36.3 Å². The first-order chi connectivity index (χ1) is 17.5. The molecule has 1 atom stereocenters. The van der Waals surface area contributed by atoms with Crippen molar-refractivity contribution in [3.05, 3.63) is 94.5 Å². The van der Waals surface area contributed by atoms with Crippen molar-refractivity contribution in [2.24, 2.45) is 5.16 Å². The zero-order valence-electron chi connectivity index (χ0n) is 21.0. The van der Waals surface area contributed by atoms with E-state index in [0.717, 1.165) is 23.1 Å². The number of fused-ring (bicyclic) bond motifs is 1. The van der Waals surface area contributed by atoms with Gasteiger partial charge in [0.2, 0.25) is 5.91 Å². The lowest BCUT2D eigenvalue weighted by Crippen LogP contribution is -2.49. The number of likely N-dealkylation sites (tertiary alicyclic amines) is 1. The van der Waals surface area contributed by atoms with Crippen LogP contribution in [0.2, 0.25) is 0 Å². The Morgan fingerprint density at radius 3 is 2.42 bits per heavy atom. The summed E-state index contributed by atoms with van der Waals surface area (Å²) in [6, 6.07) is 21.8. The number of amides is 2. The predicted octanol–water partition coefficient (Wildman–Crippen LogP) is 4.77. The molecular formula is C30H31N3O3. The van der Waals surface area contributed by atoms with Crippen molar-refractivity contribution in [1.82, 2.24) is 9.80 Å². The third-order valence-electron chi connectivity index (χ3n) is 7.28. The Morgan fingerprint density at radius 1 is 0.917 bits per heavy atom. The van der Waals surface area contributed by atoms with Crippen LogP contribution >= 0.6 is 0 Å². The minimum absolute atomic E-state index is 0.0339. The zero-order valence-corrected chi connectivity index (χ0v) is 21.0. The molecule has 3 aromatic rings. The number of nitrogens with zero attached hydrogens (tertiary/aromatic N) is 3. The summed E-state index contributed by atoms with van der Waals surface area (Å²) >= 11 is 0. The number of hydrogen-bond acceptors (Lipinski definition) is 4. The lowest BCUT2D eigenvalue weighted by Gasteiger charge is -2.33. The second kappa shape index (κ2) is 9.97. The number of rotatable bonds is 4. The highest BCUT2D eigenvalue weighted by Crippen LogP contribution is 2.29. The number of carbonyl (C=O) groups excluding carboxylic acids is 2. The predicted molar refractivity (Wildman–Crippen MR) is 141 cm³/mol. The summed E-state index contributed by atoms with van der Waals surface area (Å²) in [5.41, 5.74) is 8.05. The van der Waals surface area contributed by atoms with Crippen molar-refractivity contribution < 1.29 is 14.4 Å². The Hall–Kier alpha value is -3.93. The minimum Gasteiger partial charge on any atom is -0.399 e. The minimum atomic E-state index is -0.591. The Labute approximate surface area is 212 Å². The second-order valence-electron chi connectivity index (χ2n) is 9.62. The van der Waals surface area contributed by atoms with Crippen LogP contribution in [0.1, 0.15) is 39.0 Å². The molecule has 0 radical (unpaired) electrons. The largest absolute Gasteiger partial charge is 0.399 e. The first-order valence-corrected chi connectivity index (χ1v) is 12.4. The van der Waals surface area contributed by atoms with Gasteiger partial charge in [-0.1, -0.05) is 65.8 Å². The van der Waals surface area contributed by atoms with Gasteiger partial charge in [-0.05, 0) is 59.7 Å². The topological polar surface area (TPSA) is 62.2 Å². The van der Waals surface area contributed by atoms with Crippen LogP contribution in [-0.2, 0) is 22.6 Å². The van der Waals surface area contributed by atoms with Gasteiger partial charge in [-0.25, -0.2) is 0 Å². The maximum Gasteiger partial charge on any atom is 0.255 e. The lowest BCUT2D eigenvalue weighted by atomic mass is 9.96. The van der Waals surface area contributed by atoms with E-state index in [9.17, 15) is 9.59 Å². The van der Waals surface area contributed by atoms with Gasteiger partial charge in [0.1, 0.15) is 13.2 Å². The first-order valence-electron chi connectivity index (χ1n) is 12.4. The number of benzene rings is 3. The SMILES string of the molecule is CON=C1CC(C(=O)N2CCc3ccccc3C2)N(C(=O)c2ccc(-c3ccccc3C)cc2C)C1. The summed E-state index contributed by atoms with van der Waals surface area (Å²) in [4.78, 5) is 36.0. The lowest BCUT2D eigenvalue weighted by molar-refractivity contribution is -0.136. The number of carbonyl (C=O) groups is 2. The average molecular weight is 482 g/mol. The number of oxime groups is 1. The molecule has 6 heteroatoms. The molecule has 5 rings (SSSR count). The van der Waals surface area contributed by atoms with Gasteiger partial charge in [-0.15, -0.1) is 0 Å². The van der Waals surface area contributed by atoms with Crippen molar-refractivity contribution in [2.75, 3.05) is 20.2 Å². The van der Waals surface area contributed by atoms with E-state index in [1.807, 2.05) is 54.3 Å². The zero-order chi connectivity index (χ0) is 25.2. The normalized spacial score (nSPS) is 18.3. The fourth-order valence-corrected chi connectivity index (χ4v) is 5.35. The van der Waals surface area contributed by atoms with E-state index in [0.29, 0.717) is 30.8 Å². The van der Waals surface area contributed by atoms with E-state index in [-0.39, 0.29) is 18.4 Å². The van der Waals surface area contributed by atoms with Crippen LogP contribution in [0, 0.1) is 13.8 Å². The van der Waals surface area contributed by atoms with Gasteiger partial charge < -0.3 is 14.6 Å². The Kier molecular flexibility index (Phi) is 6.59. The van der Waals surface area contributed by atoms with E-state index in [4.69, 9.17) is 4.84 Å². The second-order valence-corrected chi connectivity index (χ2v) is 9.62. The van der Waals surface area contributed by atoms with Crippen LogP contribution < -0.4 is 0 Å². The smallest absolute Gasteiger partial charge is 0.255 e. The molecule has 6 nitrogen and oxygen atoms in total. The highest BCUT2D eigenvalue weighted by atomic mass is 16.6. The van der Waals surface area contributed by atoms with E-state index in [1.165, 1.54) is 23.8 Å². The standard InChI is InChI=1S/C30H31N3O3/c1-20-8-4-7-11-26(20)23-12-13-27(21(2)16-23)29(34)33-19-25(31-36-3)17-28(33)30(35)32-15-14-22-9-5-6-10-24(22)18-32/h4-13,16,28H,14-15,17-19H2,1-3H3. The van der Waals surface area contributed by atoms with Crippen LogP contribution in [0.4, 0.5) is 0 Å². The van der Waals surface area contributed by atoms with Gasteiger partial charge in [0.25, 0.3) is 5.91 Å². The fourth-order valence-electron chi connectivity index (χ4n) is 5.35. The molecule has 36 heavy (non-hydrogen) atoms. The van der Waals surface area contributed by atoms with Crippen LogP contribution in [-0.4, -0.2) is 53.6 Å². The van der Waals surface area contributed by atoms with E-state index in [1.54, 1.807) is 4.90 Å². The summed E-state index contributed by atoms with van der Waals surface area (Å²) < 4.78 is 0. The fraction of sp³-hybridized carbons (Fsp3) is 0.300. The van der Waals surface area contributed by atoms with Gasteiger partial charge in [0.05, 0.1) is 12.3 Å². The third kappa shape index (κ3) is 4.51. The molecule has 184 valence electrons. The molecule has 2 aliphatic rings. The molecule has 0 N–H and O–H groups in total. The molecule has 0 bridgehead atoms.